The third kappa shape index (κ3) is 8.48. The van der Waals surface area contributed by atoms with Crippen molar-refractivity contribution < 1.29 is 36.9 Å². The van der Waals surface area contributed by atoms with Gasteiger partial charge in [0.05, 0.1) is 23.3 Å². The Morgan fingerprint density at radius 3 is 2.55 bits per heavy atom. The quantitative estimate of drug-likeness (QED) is 0.252. The summed E-state index contributed by atoms with van der Waals surface area (Å²) in [4.78, 5) is 12.8. The van der Waals surface area contributed by atoms with Crippen molar-refractivity contribution in [3.8, 4) is 17.2 Å². The van der Waals surface area contributed by atoms with E-state index >= 15 is 0 Å². The fourth-order valence-corrected chi connectivity index (χ4v) is 6.47. The van der Waals surface area contributed by atoms with Crippen molar-refractivity contribution in [1.82, 2.24) is 9.62 Å². The number of nitrogens with one attached hydrogen (secondary N) is 1. The zero-order chi connectivity index (χ0) is 30.2. The molecule has 12 heteroatoms. The molecule has 4 rings (SSSR count). The number of aliphatic hydroxyl groups is 1. The third-order valence-corrected chi connectivity index (χ3v) is 8.78. The van der Waals surface area contributed by atoms with Crippen LogP contribution in [0.1, 0.15) is 32.3 Å². The summed E-state index contributed by atoms with van der Waals surface area (Å²) in [5.41, 5.74) is 6.13. The van der Waals surface area contributed by atoms with Gasteiger partial charge in [0.1, 0.15) is 19.5 Å². The summed E-state index contributed by atoms with van der Waals surface area (Å²) in [6, 6.07) is 14.4. The molecule has 2 atom stereocenters. The average molecular weight is 602 g/mol. The summed E-state index contributed by atoms with van der Waals surface area (Å²) >= 11 is 0. The second-order valence-electron chi connectivity index (χ2n) is 11.0. The Balaban J connectivity index is 1.61. The van der Waals surface area contributed by atoms with Crippen LogP contribution in [0.25, 0.3) is 0 Å². The second-order valence-corrected chi connectivity index (χ2v) is 13.0. The first-order valence-electron chi connectivity index (χ1n) is 13.9. The van der Waals surface area contributed by atoms with E-state index in [0.29, 0.717) is 44.1 Å². The summed E-state index contributed by atoms with van der Waals surface area (Å²) in [5, 5.41) is 14.2. The van der Waals surface area contributed by atoms with Crippen LogP contribution in [-0.2, 0) is 16.4 Å². The number of benzene rings is 2. The summed E-state index contributed by atoms with van der Waals surface area (Å²) < 4.78 is 50.9. The number of amides is 1. The zero-order valence-electron chi connectivity index (χ0n) is 23.9. The molecular formula is C30H39N3O8S. The summed E-state index contributed by atoms with van der Waals surface area (Å²) in [7, 11) is -4.11. The first-order valence-corrected chi connectivity index (χ1v) is 15.3. The van der Waals surface area contributed by atoms with Gasteiger partial charge in [-0.2, -0.15) is 4.31 Å². The Morgan fingerprint density at radius 1 is 1.12 bits per heavy atom. The van der Waals surface area contributed by atoms with E-state index in [1.54, 1.807) is 6.07 Å². The summed E-state index contributed by atoms with van der Waals surface area (Å²) in [5.74, 6) is 1.01. The molecule has 1 aromatic heterocycles. The van der Waals surface area contributed by atoms with Crippen LogP contribution in [0.15, 0.2) is 76.4 Å². The maximum Gasteiger partial charge on any atom is 0.413 e. The number of aliphatic hydroxyl groups excluding tert-OH is 1. The average Bonchev–Trinajstić information content (AvgIpc) is 3.48. The Hall–Kier alpha value is -3.58. The molecule has 0 spiro atoms. The number of furan rings is 1. The molecule has 11 nitrogen and oxygen atoms in total. The maximum absolute atomic E-state index is 14.1. The maximum atomic E-state index is 14.1. The lowest BCUT2D eigenvalue weighted by Gasteiger charge is -2.35. The largest absolute Gasteiger partial charge is 0.486 e. The molecule has 1 aliphatic heterocycles. The van der Waals surface area contributed by atoms with Crippen LogP contribution in [0.5, 0.6) is 17.2 Å². The van der Waals surface area contributed by atoms with Crippen molar-refractivity contribution in [3.05, 3.63) is 72.7 Å². The van der Waals surface area contributed by atoms with E-state index in [4.69, 9.17) is 24.4 Å². The van der Waals surface area contributed by atoms with Crippen molar-refractivity contribution in [2.24, 2.45) is 11.1 Å². The molecule has 42 heavy (non-hydrogen) atoms. The minimum atomic E-state index is -4.11. The predicted octanol–water partition coefficient (Wildman–Crippen LogP) is 3.57. The van der Waals surface area contributed by atoms with E-state index in [1.165, 1.54) is 35.0 Å². The Bertz CT molecular complexity index is 1400. The van der Waals surface area contributed by atoms with Crippen LogP contribution in [0, 0.1) is 5.41 Å². The number of fused-ring (bicyclic) bond motifs is 1. The minimum Gasteiger partial charge on any atom is -0.486 e. The molecule has 228 valence electrons. The van der Waals surface area contributed by atoms with Crippen molar-refractivity contribution >= 4 is 16.1 Å². The highest BCUT2D eigenvalue weighted by Crippen LogP contribution is 2.34. The van der Waals surface area contributed by atoms with Gasteiger partial charge in [0.15, 0.2) is 17.2 Å². The van der Waals surface area contributed by atoms with Crippen molar-refractivity contribution in [1.29, 1.82) is 0 Å². The van der Waals surface area contributed by atoms with Gasteiger partial charge in [-0.1, -0.05) is 44.2 Å². The number of carbonyl (C=O) groups excluding carboxylic acids is 1. The van der Waals surface area contributed by atoms with Gasteiger partial charge in [0.2, 0.25) is 10.0 Å². The third-order valence-electron chi connectivity index (χ3n) is 6.98. The molecule has 0 unspecified atom stereocenters. The first kappa shape index (κ1) is 31.4. The second kappa shape index (κ2) is 14.1. The number of ether oxygens (including phenoxy) is 3. The number of rotatable bonds is 14. The number of nitrogens with zero attached hydrogens (tertiary/aromatic N) is 1. The topological polar surface area (TPSA) is 154 Å². The molecule has 0 saturated carbocycles. The highest BCUT2D eigenvalue weighted by molar-refractivity contribution is 7.89. The summed E-state index contributed by atoms with van der Waals surface area (Å²) in [6.07, 6.45) is 2.16. The van der Waals surface area contributed by atoms with Crippen LogP contribution >= 0.6 is 0 Å². The SMILES string of the molecule is CC(C)(CCCN)CN(C[C@@H](O)[C@H](Cc1ccccc1)NC(=O)Oc1ccoc1)S(=O)(=O)c1ccc2c(c1)OCCO2. The van der Waals surface area contributed by atoms with Gasteiger partial charge in [-0.25, -0.2) is 13.2 Å². The van der Waals surface area contributed by atoms with Crippen LogP contribution in [-0.4, -0.2) is 68.9 Å². The van der Waals surface area contributed by atoms with E-state index in [2.05, 4.69) is 5.32 Å². The Morgan fingerprint density at radius 2 is 1.86 bits per heavy atom. The van der Waals surface area contributed by atoms with Crippen LogP contribution in [0.2, 0.25) is 0 Å². The standard InChI is InChI=1S/C30H39N3O8S/c1-30(2,12-6-13-31)21-33(42(36,37)24-9-10-27-28(18-24)40-16-15-39-27)19-26(34)25(17-22-7-4-3-5-8-22)32-29(35)41-23-11-14-38-20-23/h3-5,7-11,14,18,20,25-26,34H,6,12-13,15-17,19,21,31H2,1-2H3,(H,32,35)/t25-,26+/m0/s1. The van der Waals surface area contributed by atoms with Crippen LogP contribution in [0.4, 0.5) is 4.79 Å². The fourth-order valence-electron chi connectivity index (χ4n) is 4.80. The van der Waals surface area contributed by atoms with E-state index in [9.17, 15) is 18.3 Å². The molecule has 0 fully saturated rings. The minimum absolute atomic E-state index is 0.0144. The lowest BCUT2D eigenvalue weighted by atomic mass is 9.87. The molecule has 2 aromatic carbocycles. The highest BCUT2D eigenvalue weighted by atomic mass is 32.2. The lowest BCUT2D eigenvalue weighted by molar-refractivity contribution is 0.0913. The van der Waals surface area contributed by atoms with Crippen LogP contribution < -0.4 is 25.3 Å². The number of nitrogens with two attached hydrogens (primary N) is 1. The predicted molar refractivity (Wildman–Crippen MR) is 156 cm³/mol. The van der Waals surface area contributed by atoms with Gasteiger partial charge >= 0.3 is 6.09 Å². The van der Waals surface area contributed by atoms with Gasteiger partial charge in [-0.05, 0) is 48.9 Å². The first-order chi connectivity index (χ1) is 20.1. The summed E-state index contributed by atoms with van der Waals surface area (Å²) in [6.45, 7) is 4.92. The van der Waals surface area contributed by atoms with E-state index < -0.39 is 33.7 Å². The van der Waals surface area contributed by atoms with Gasteiger partial charge in [0, 0.05) is 25.2 Å². The molecule has 1 amide bonds. The van der Waals surface area contributed by atoms with Gasteiger partial charge in [-0.15, -0.1) is 0 Å². The zero-order valence-corrected chi connectivity index (χ0v) is 24.7. The molecule has 0 bridgehead atoms. The van der Waals surface area contributed by atoms with Gasteiger partial charge < -0.3 is 34.8 Å². The van der Waals surface area contributed by atoms with Crippen molar-refractivity contribution in [2.75, 3.05) is 32.8 Å². The Labute approximate surface area is 246 Å². The smallest absolute Gasteiger partial charge is 0.413 e. The molecule has 0 saturated heterocycles. The monoisotopic (exact) mass is 601 g/mol. The Kier molecular flexibility index (Phi) is 10.5. The highest BCUT2D eigenvalue weighted by Gasteiger charge is 2.35. The fraction of sp³-hybridized carbons (Fsp3) is 0.433. The van der Waals surface area contributed by atoms with Crippen molar-refractivity contribution in [3.63, 3.8) is 0 Å². The van der Waals surface area contributed by atoms with E-state index in [1.807, 2.05) is 44.2 Å². The van der Waals surface area contributed by atoms with E-state index in [0.717, 1.165) is 5.56 Å². The number of hydrogen-bond donors (Lipinski definition) is 3. The van der Waals surface area contributed by atoms with Gasteiger partial charge in [0.25, 0.3) is 0 Å². The van der Waals surface area contributed by atoms with Crippen molar-refractivity contribution in [2.45, 2.75) is 50.2 Å². The van der Waals surface area contributed by atoms with Gasteiger partial charge in [-0.3, -0.25) is 0 Å². The molecule has 3 aromatic rings. The molecule has 2 heterocycles. The molecule has 0 aliphatic carbocycles. The van der Waals surface area contributed by atoms with Crippen LogP contribution in [0.3, 0.4) is 0 Å². The lowest BCUT2D eigenvalue weighted by Crippen LogP contribution is -2.52. The molecular weight excluding hydrogens is 562 g/mol. The van der Waals surface area contributed by atoms with E-state index in [-0.39, 0.29) is 30.2 Å². The molecule has 1 aliphatic rings. The molecule has 4 N–H and O–H groups in total. The number of hydrogen-bond acceptors (Lipinski definition) is 9. The number of sulfonamides is 1. The normalized spacial score (nSPS) is 14.8. The molecule has 0 radical (unpaired) electrons. The number of carbonyl (C=O) groups is 1.